The van der Waals surface area contributed by atoms with E-state index in [0.29, 0.717) is 17.2 Å². The summed E-state index contributed by atoms with van der Waals surface area (Å²) >= 11 is 1.56. The van der Waals surface area contributed by atoms with E-state index in [2.05, 4.69) is 31.0 Å². The van der Waals surface area contributed by atoms with Gasteiger partial charge in [0.2, 0.25) is 0 Å². The normalized spacial score (nSPS) is 11.0. The molecule has 4 rings (SSSR count). The highest BCUT2D eigenvalue weighted by molar-refractivity contribution is 7.22. The number of pyridine rings is 1. The number of aromatic nitrogens is 2. The van der Waals surface area contributed by atoms with Crippen LogP contribution in [0.25, 0.3) is 10.2 Å². The molecule has 0 saturated carbocycles. The summed E-state index contributed by atoms with van der Waals surface area (Å²) in [5.41, 5.74) is 6.11. The second-order valence-electron chi connectivity index (χ2n) is 7.20. The number of hydrogen-bond acceptors (Lipinski definition) is 4. The van der Waals surface area contributed by atoms with E-state index in [4.69, 9.17) is 4.98 Å². The summed E-state index contributed by atoms with van der Waals surface area (Å²) in [6.07, 6.45) is 4.51. The maximum Gasteiger partial charge on any atom is 0.260 e. The first-order valence-corrected chi connectivity index (χ1v) is 10.5. The van der Waals surface area contributed by atoms with E-state index in [1.165, 1.54) is 11.1 Å². The molecule has 4 nitrogen and oxygen atoms in total. The summed E-state index contributed by atoms with van der Waals surface area (Å²) in [4.78, 5) is 24.2. The quantitative estimate of drug-likeness (QED) is 0.430. The summed E-state index contributed by atoms with van der Waals surface area (Å²) in [5, 5.41) is 0.709. The van der Waals surface area contributed by atoms with Crippen LogP contribution in [0.5, 0.6) is 0 Å². The fraction of sp³-hybridized carbons (Fsp3) is 0.208. The average Bonchev–Trinajstić information content (AvgIpc) is 3.17. The van der Waals surface area contributed by atoms with Crippen LogP contribution in [0.2, 0.25) is 0 Å². The molecule has 0 radical (unpaired) electrons. The first-order valence-electron chi connectivity index (χ1n) is 9.72. The van der Waals surface area contributed by atoms with Gasteiger partial charge >= 0.3 is 0 Å². The minimum atomic E-state index is -0.0493. The second-order valence-corrected chi connectivity index (χ2v) is 8.21. The van der Waals surface area contributed by atoms with Crippen molar-refractivity contribution in [2.24, 2.45) is 0 Å². The molecule has 0 saturated heterocycles. The molecule has 5 heteroatoms. The molecule has 0 aliphatic heterocycles. The van der Waals surface area contributed by atoms with Gasteiger partial charge in [0.15, 0.2) is 5.13 Å². The predicted octanol–water partition coefficient (Wildman–Crippen LogP) is 5.72. The number of rotatable bonds is 5. The molecule has 29 heavy (non-hydrogen) atoms. The van der Waals surface area contributed by atoms with E-state index in [9.17, 15) is 4.79 Å². The molecular formula is C24H23N3OS. The summed E-state index contributed by atoms with van der Waals surface area (Å²) in [5.74, 6) is -0.0493. The highest BCUT2D eigenvalue weighted by Crippen LogP contribution is 2.31. The van der Waals surface area contributed by atoms with E-state index < -0.39 is 0 Å². The van der Waals surface area contributed by atoms with Gasteiger partial charge in [-0.25, -0.2) is 4.98 Å². The Balaban J connectivity index is 1.77. The van der Waals surface area contributed by atoms with Gasteiger partial charge in [-0.2, -0.15) is 0 Å². The van der Waals surface area contributed by atoms with E-state index in [1.54, 1.807) is 28.6 Å². The van der Waals surface area contributed by atoms with Gasteiger partial charge in [0.1, 0.15) is 0 Å². The van der Waals surface area contributed by atoms with Crippen molar-refractivity contribution in [1.82, 2.24) is 9.97 Å². The summed E-state index contributed by atoms with van der Waals surface area (Å²) in [6, 6.07) is 16.0. The number of aryl methyl sites for hydroxylation is 3. The molecule has 0 aliphatic carbocycles. The van der Waals surface area contributed by atoms with Gasteiger partial charge in [-0.3, -0.25) is 14.7 Å². The van der Waals surface area contributed by atoms with Gasteiger partial charge in [0.25, 0.3) is 5.91 Å². The maximum absolute atomic E-state index is 13.5. The molecule has 0 aliphatic rings. The van der Waals surface area contributed by atoms with Crippen molar-refractivity contribution in [3.63, 3.8) is 0 Å². The van der Waals surface area contributed by atoms with Gasteiger partial charge in [-0.15, -0.1) is 0 Å². The zero-order valence-electron chi connectivity index (χ0n) is 16.8. The molecule has 0 unspecified atom stereocenters. The molecule has 0 spiro atoms. The van der Waals surface area contributed by atoms with Crippen molar-refractivity contribution >= 4 is 32.6 Å². The number of carbonyl (C=O) groups is 1. The van der Waals surface area contributed by atoms with Crippen molar-refractivity contribution in [1.29, 1.82) is 0 Å². The minimum Gasteiger partial charge on any atom is -0.279 e. The monoisotopic (exact) mass is 401 g/mol. The summed E-state index contributed by atoms with van der Waals surface area (Å²) in [7, 11) is 0. The SMILES string of the molecule is CCc1ccc2nc(N(Cc3cccnc3)C(=O)c3ccc(C)c(C)c3)sc2c1. The van der Waals surface area contributed by atoms with Crippen molar-refractivity contribution in [3.05, 3.63) is 88.7 Å². The molecule has 146 valence electrons. The van der Waals surface area contributed by atoms with Crippen molar-refractivity contribution in [3.8, 4) is 0 Å². The Labute approximate surface area is 174 Å². The molecule has 2 aromatic carbocycles. The average molecular weight is 402 g/mol. The highest BCUT2D eigenvalue weighted by Gasteiger charge is 2.22. The van der Waals surface area contributed by atoms with Gasteiger partial charge in [0.05, 0.1) is 16.8 Å². The Morgan fingerprint density at radius 2 is 1.90 bits per heavy atom. The molecule has 1 amide bonds. The minimum absolute atomic E-state index is 0.0493. The maximum atomic E-state index is 13.5. The smallest absolute Gasteiger partial charge is 0.260 e. The number of anilines is 1. The topological polar surface area (TPSA) is 46.1 Å². The number of thiazole rings is 1. The first kappa shape index (κ1) is 19.3. The standard InChI is InChI=1S/C24H23N3OS/c1-4-18-8-10-21-22(13-18)29-24(26-21)27(15-19-6-5-11-25-14-19)23(28)20-9-7-16(2)17(3)12-20/h5-14H,4,15H2,1-3H3. The van der Waals surface area contributed by atoms with Crippen molar-refractivity contribution in [2.75, 3.05) is 4.90 Å². The Hall–Kier alpha value is -3.05. The van der Waals surface area contributed by atoms with Crippen LogP contribution in [-0.2, 0) is 13.0 Å². The third-order valence-electron chi connectivity index (χ3n) is 5.14. The van der Waals surface area contributed by atoms with Crippen LogP contribution in [0, 0.1) is 13.8 Å². The number of amides is 1. The lowest BCUT2D eigenvalue weighted by molar-refractivity contribution is 0.0985. The van der Waals surface area contributed by atoms with Crippen molar-refractivity contribution in [2.45, 2.75) is 33.7 Å². The summed E-state index contributed by atoms with van der Waals surface area (Å²) < 4.78 is 1.10. The zero-order chi connectivity index (χ0) is 20.4. The lowest BCUT2D eigenvalue weighted by atomic mass is 10.1. The van der Waals surface area contributed by atoms with Gasteiger partial charge in [0, 0.05) is 18.0 Å². The third kappa shape index (κ3) is 4.05. The number of hydrogen-bond donors (Lipinski definition) is 0. The zero-order valence-corrected chi connectivity index (χ0v) is 17.7. The van der Waals surface area contributed by atoms with Crippen LogP contribution in [0.15, 0.2) is 60.9 Å². The molecular weight excluding hydrogens is 378 g/mol. The number of fused-ring (bicyclic) bond motifs is 1. The molecule has 2 aromatic heterocycles. The molecule has 2 heterocycles. The number of benzene rings is 2. The lowest BCUT2D eigenvalue weighted by Gasteiger charge is -2.20. The van der Waals surface area contributed by atoms with Crippen LogP contribution in [0.1, 0.15) is 39.5 Å². The van der Waals surface area contributed by atoms with Crippen LogP contribution in [0.4, 0.5) is 5.13 Å². The fourth-order valence-corrected chi connectivity index (χ4v) is 4.25. The van der Waals surface area contributed by atoms with Gasteiger partial charge in [-0.05, 0) is 72.9 Å². The predicted molar refractivity (Wildman–Crippen MR) is 120 cm³/mol. The van der Waals surface area contributed by atoms with Crippen LogP contribution in [0.3, 0.4) is 0 Å². The Morgan fingerprint density at radius 3 is 2.62 bits per heavy atom. The largest absolute Gasteiger partial charge is 0.279 e. The Bertz CT molecular complexity index is 1170. The number of nitrogens with zero attached hydrogens (tertiary/aromatic N) is 3. The molecule has 0 bridgehead atoms. The van der Waals surface area contributed by atoms with E-state index in [1.807, 2.05) is 43.3 Å². The number of carbonyl (C=O) groups excluding carboxylic acids is 1. The molecule has 0 N–H and O–H groups in total. The fourth-order valence-electron chi connectivity index (χ4n) is 3.22. The molecule has 0 fully saturated rings. The van der Waals surface area contributed by atoms with E-state index in [-0.39, 0.29) is 5.91 Å². The molecule has 0 atom stereocenters. The molecule has 4 aromatic rings. The van der Waals surface area contributed by atoms with Gasteiger partial charge < -0.3 is 0 Å². The lowest BCUT2D eigenvalue weighted by Crippen LogP contribution is -2.30. The van der Waals surface area contributed by atoms with Gasteiger partial charge in [-0.1, -0.05) is 36.5 Å². The Morgan fingerprint density at radius 1 is 1.03 bits per heavy atom. The van der Waals surface area contributed by atoms with E-state index >= 15 is 0 Å². The second kappa shape index (κ2) is 8.13. The van der Waals surface area contributed by atoms with Crippen LogP contribution >= 0.6 is 11.3 Å². The van der Waals surface area contributed by atoms with Crippen molar-refractivity contribution < 1.29 is 4.79 Å². The van der Waals surface area contributed by atoms with Crippen LogP contribution < -0.4 is 4.90 Å². The van der Waals surface area contributed by atoms with Crippen LogP contribution in [-0.4, -0.2) is 15.9 Å². The third-order valence-corrected chi connectivity index (χ3v) is 6.18. The highest BCUT2D eigenvalue weighted by atomic mass is 32.1. The summed E-state index contributed by atoms with van der Waals surface area (Å²) in [6.45, 7) is 6.65. The van der Waals surface area contributed by atoms with E-state index in [0.717, 1.165) is 27.8 Å². The first-order chi connectivity index (χ1) is 14.0. The Kier molecular flexibility index (Phi) is 5.41.